The van der Waals surface area contributed by atoms with Crippen LogP contribution >= 0.6 is 0 Å². The highest BCUT2D eigenvalue weighted by Gasteiger charge is 2.31. The van der Waals surface area contributed by atoms with Gasteiger partial charge < -0.3 is 4.74 Å². The molecule has 0 atom stereocenters. The Morgan fingerprint density at radius 1 is 1.30 bits per heavy atom. The molecule has 0 N–H and O–H groups in total. The summed E-state index contributed by atoms with van der Waals surface area (Å²) in [6, 6.07) is 3.60. The normalized spacial score (nSPS) is 12.4. The SMILES string of the molecule is C[Si](C)(C)CCOC(=O)On1nnc2cc(C(F)(F)F)ccc21. The summed E-state index contributed by atoms with van der Waals surface area (Å²) < 4.78 is 42.8. The average molecular weight is 347 g/mol. The Morgan fingerprint density at radius 3 is 2.61 bits per heavy atom. The third-order valence-electron chi connectivity index (χ3n) is 2.98. The van der Waals surface area contributed by atoms with E-state index in [1.165, 1.54) is 0 Å². The summed E-state index contributed by atoms with van der Waals surface area (Å²) in [5.41, 5.74) is -0.746. The Kier molecular flexibility index (Phi) is 4.64. The maximum atomic E-state index is 12.6. The molecule has 1 aromatic carbocycles. The molecule has 0 spiro atoms. The minimum Gasteiger partial charge on any atom is -0.433 e. The van der Waals surface area contributed by atoms with E-state index in [-0.39, 0.29) is 17.6 Å². The summed E-state index contributed by atoms with van der Waals surface area (Å²) >= 11 is 0. The summed E-state index contributed by atoms with van der Waals surface area (Å²) in [5.74, 6) is 0. The van der Waals surface area contributed by atoms with Crippen molar-refractivity contribution in [3.05, 3.63) is 23.8 Å². The van der Waals surface area contributed by atoms with E-state index >= 15 is 0 Å². The van der Waals surface area contributed by atoms with Gasteiger partial charge in [-0.25, -0.2) is 4.79 Å². The van der Waals surface area contributed by atoms with Crippen LogP contribution < -0.4 is 4.84 Å². The zero-order valence-electron chi connectivity index (χ0n) is 12.8. The number of hydrogen-bond acceptors (Lipinski definition) is 5. The molecule has 2 rings (SSSR count). The van der Waals surface area contributed by atoms with Crippen LogP contribution in [-0.4, -0.2) is 36.0 Å². The molecule has 0 aliphatic rings. The van der Waals surface area contributed by atoms with Crippen LogP contribution in [0, 0.1) is 0 Å². The lowest BCUT2D eigenvalue weighted by molar-refractivity contribution is -0.137. The molecule has 0 unspecified atom stereocenters. The number of halogens is 3. The molecular formula is C13H16F3N3O3Si. The third-order valence-corrected chi connectivity index (χ3v) is 4.68. The van der Waals surface area contributed by atoms with Crippen molar-refractivity contribution in [3.8, 4) is 0 Å². The van der Waals surface area contributed by atoms with Gasteiger partial charge in [-0.3, -0.25) is 4.84 Å². The molecule has 10 heteroatoms. The molecule has 0 aliphatic heterocycles. The molecule has 1 heterocycles. The lowest BCUT2D eigenvalue weighted by Crippen LogP contribution is -2.26. The molecule has 0 amide bonds. The average Bonchev–Trinajstić information content (AvgIpc) is 2.78. The van der Waals surface area contributed by atoms with E-state index in [0.29, 0.717) is 0 Å². The Balaban J connectivity index is 2.05. The molecule has 2 aromatic rings. The highest BCUT2D eigenvalue weighted by atomic mass is 28.3. The van der Waals surface area contributed by atoms with E-state index < -0.39 is 26.0 Å². The minimum absolute atomic E-state index is 0.0327. The van der Waals surface area contributed by atoms with Crippen LogP contribution in [-0.2, 0) is 10.9 Å². The highest BCUT2D eigenvalue weighted by molar-refractivity contribution is 6.76. The molecule has 23 heavy (non-hydrogen) atoms. The van der Waals surface area contributed by atoms with Crippen molar-refractivity contribution in [3.63, 3.8) is 0 Å². The molecule has 0 radical (unpaired) electrons. The Bertz CT molecular complexity index is 710. The third kappa shape index (κ3) is 4.68. The highest BCUT2D eigenvalue weighted by Crippen LogP contribution is 2.30. The van der Waals surface area contributed by atoms with Gasteiger partial charge in [-0.2, -0.15) is 13.2 Å². The Hall–Kier alpha value is -2.10. The van der Waals surface area contributed by atoms with Gasteiger partial charge in [-0.1, -0.05) is 24.5 Å². The van der Waals surface area contributed by atoms with Gasteiger partial charge in [0.25, 0.3) is 0 Å². The molecule has 0 bridgehead atoms. The van der Waals surface area contributed by atoms with Gasteiger partial charge in [-0.05, 0) is 29.5 Å². The monoisotopic (exact) mass is 347 g/mol. The first-order valence-corrected chi connectivity index (χ1v) is 10.5. The second kappa shape index (κ2) is 6.18. The summed E-state index contributed by atoms with van der Waals surface area (Å²) in [6.45, 7) is 6.61. The minimum atomic E-state index is -4.48. The smallest absolute Gasteiger partial charge is 0.433 e. The predicted molar refractivity (Wildman–Crippen MR) is 78.6 cm³/mol. The van der Waals surface area contributed by atoms with Gasteiger partial charge in [0, 0.05) is 8.07 Å². The van der Waals surface area contributed by atoms with Crippen molar-refractivity contribution in [1.82, 2.24) is 15.2 Å². The number of carbonyl (C=O) groups excluding carboxylic acids is 1. The van der Waals surface area contributed by atoms with E-state index in [0.717, 1.165) is 29.1 Å². The van der Waals surface area contributed by atoms with Crippen molar-refractivity contribution < 1.29 is 27.5 Å². The summed E-state index contributed by atoms with van der Waals surface area (Å²) in [6.07, 6.45) is -5.45. The van der Waals surface area contributed by atoms with Gasteiger partial charge in [0.15, 0.2) is 0 Å². The van der Waals surface area contributed by atoms with Gasteiger partial charge in [0.2, 0.25) is 0 Å². The van der Waals surface area contributed by atoms with Crippen LogP contribution in [0.15, 0.2) is 18.2 Å². The molecule has 126 valence electrons. The zero-order chi connectivity index (χ0) is 17.3. The van der Waals surface area contributed by atoms with Crippen molar-refractivity contribution in [2.24, 2.45) is 0 Å². The lowest BCUT2D eigenvalue weighted by Gasteiger charge is -2.14. The standard InChI is InChI=1S/C13H16F3N3O3Si/c1-23(2,3)7-6-21-12(20)22-19-11-5-4-9(13(14,15)16)8-10(11)17-18-19/h4-5,8H,6-7H2,1-3H3. The van der Waals surface area contributed by atoms with E-state index in [1.54, 1.807) is 0 Å². The number of benzene rings is 1. The van der Waals surface area contributed by atoms with Gasteiger partial charge in [-0.15, -0.1) is 5.10 Å². The van der Waals surface area contributed by atoms with Crippen LogP contribution in [0.1, 0.15) is 5.56 Å². The number of aromatic nitrogens is 3. The predicted octanol–water partition coefficient (Wildman–Crippen LogP) is 3.35. The van der Waals surface area contributed by atoms with E-state index in [2.05, 4.69) is 30.0 Å². The first kappa shape index (κ1) is 17.3. The Labute approximate surface area is 131 Å². The number of ether oxygens (including phenoxy) is 1. The van der Waals surface area contributed by atoms with Crippen molar-refractivity contribution in [2.45, 2.75) is 31.9 Å². The molecule has 6 nitrogen and oxygen atoms in total. The maximum Gasteiger partial charge on any atom is 0.535 e. The van der Waals surface area contributed by atoms with Crippen LogP contribution in [0.3, 0.4) is 0 Å². The van der Waals surface area contributed by atoms with Gasteiger partial charge in [0.1, 0.15) is 11.0 Å². The number of carbonyl (C=O) groups is 1. The van der Waals surface area contributed by atoms with Crippen molar-refractivity contribution in [1.29, 1.82) is 0 Å². The fourth-order valence-electron chi connectivity index (χ4n) is 1.68. The Morgan fingerprint density at radius 2 is 2.00 bits per heavy atom. The molecule has 1 aromatic heterocycles. The molecule has 0 saturated carbocycles. The topological polar surface area (TPSA) is 66.2 Å². The summed E-state index contributed by atoms with van der Waals surface area (Å²) in [4.78, 5) is 17.1. The fraction of sp³-hybridized carbons (Fsp3) is 0.462. The van der Waals surface area contributed by atoms with Crippen LogP contribution in [0.2, 0.25) is 25.7 Å². The number of hydrogen-bond donors (Lipinski definition) is 0. The zero-order valence-corrected chi connectivity index (χ0v) is 13.8. The lowest BCUT2D eigenvalue weighted by atomic mass is 10.2. The number of nitrogens with zero attached hydrogens (tertiary/aromatic N) is 3. The van der Waals surface area contributed by atoms with Crippen molar-refractivity contribution in [2.75, 3.05) is 6.61 Å². The van der Waals surface area contributed by atoms with Crippen LogP contribution in [0.4, 0.5) is 18.0 Å². The molecular weight excluding hydrogens is 331 g/mol. The van der Waals surface area contributed by atoms with Crippen LogP contribution in [0.5, 0.6) is 0 Å². The van der Waals surface area contributed by atoms with E-state index in [9.17, 15) is 18.0 Å². The van der Waals surface area contributed by atoms with E-state index in [1.807, 2.05) is 0 Å². The molecule has 0 fully saturated rings. The van der Waals surface area contributed by atoms with E-state index in [4.69, 9.17) is 9.57 Å². The summed E-state index contributed by atoms with van der Waals surface area (Å²) in [7, 11) is -1.35. The van der Waals surface area contributed by atoms with Crippen molar-refractivity contribution >= 4 is 25.3 Å². The molecule has 0 aliphatic carbocycles. The van der Waals surface area contributed by atoms with Gasteiger partial charge in [0.05, 0.1) is 12.2 Å². The first-order valence-electron chi connectivity index (χ1n) is 6.84. The number of rotatable bonds is 4. The second-order valence-electron chi connectivity index (χ2n) is 6.16. The quantitative estimate of drug-likeness (QED) is 0.482. The number of fused-ring (bicyclic) bond motifs is 1. The van der Waals surface area contributed by atoms with Crippen LogP contribution in [0.25, 0.3) is 11.0 Å². The summed E-state index contributed by atoms with van der Waals surface area (Å²) in [5, 5.41) is 7.05. The second-order valence-corrected chi connectivity index (χ2v) is 11.8. The first-order chi connectivity index (χ1) is 10.6. The largest absolute Gasteiger partial charge is 0.535 e. The maximum absolute atomic E-state index is 12.6. The van der Waals surface area contributed by atoms with Gasteiger partial charge >= 0.3 is 12.3 Å². The molecule has 0 saturated heterocycles. The fourth-order valence-corrected chi connectivity index (χ4v) is 2.40. The number of alkyl halides is 3.